The molecule has 0 aliphatic rings. The summed E-state index contributed by atoms with van der Waals surface area (Å²) < 4.78 is 15.6. The molecule has 118 valence electrons. The van der Waals surface area contributed by atoms with Crippen molar-refractivity contribution >= 4 is 39.5 Å². The number of ether oxygens (including phenoxy) is 2. The van der Waals surface area contributed by atoms with Gasteiger partial charge in [-0.15, -0.1) is 0 Å². The highest BCUT2D eigenvalue weighted by molar-refractivity contribution is 14.1. The Balaban J connectivity index is 2.51. The first kappa shape index (κ1) is 16.6. The fraction of sp³-hybridized carbons (Fsp3) is 0.333. The van der Waals surface area contributed by atoms with E-state index < -0.39 is 5.63 Å². The zero-order valence-electron chi connectivity index (χ0n) is 12.1. The molecule has 2 rings (SSSR count). The number of halogens is 1. The molecule has 1 heterocycles. The molecular weight excluding hydrogens is 403 g/mol. The van der Waals surface area contributed by atoms with E-state index in [4.69, 9.17) is 13.9 Å². The van der Waals surface area contributed by atoms with E-state index in [1.165, 1.54) is 13.2 Å². The second kappa shape index (κ2) is 6.99. The standard InChI is InChI=1S/C15H15IO6/c1-3-21-11(17)5-4-8-6-12(18)22-15-9(8)7-10(20-2)14(19)13(15)16/h6-7,19H,3-5H2,1-2H3. The van der Waals surface area contributed by atoms with Gasteiger partial charge in [-0.1, -0.05) is 0 Å². The van der Waals surface area contributed by atoms with Crippen molar-refractivity contribution in [1.82, 2.24) is 0 Å². The summed E-state index contributed by atoms with van der Waals surface area (Å²) in [5, 5.41) is 10.6. The Labute approximate surface area is 140 Å². The van der Waals surface area contributed by atoms with Gasteiger partial charge >= 0.3 is 11.6 Å². The molecule has 0 bridgehead atoms. The van der Waals surface area contributed by atoms with Crippen molar-refractivity contribution in [2.45, 2.75) is 19.8 Å². The van der Waals surface area contributed by atoms with Crippen LogP contribution in [-0.2, 0) is 16.0 Å². The normalized spacial score (nSPS) is 10.7. The molecule has 0 saturated heterocycles. The number of aryl methyl sites for hydroxylation is 1. The van der Waals surface area contributed by atoms with Crippen LogP contribution in [0.4, 0.5) is 0 Å². The van der Waals surface area contributed by atoms with Gasteiger partial charge in [-0.2, -0.15) is 0 Å². The Kier molecular flexibility index (Phi) is 5.28. The van der Waals surface area contributed by atoms with Crippen molar-refractivity contribution in [1.29, 1.82) is 0 Å². The number of methoxy groups -OCH3 is 1. The van der Waals surface area contributed by atoms with Gasteiger partial charge < -0.3 is 19.0 Å². The second-order valence-corrected chi connectivity index (χ2v) is 5.59. The molecule has 0 spiro atoms. The van der Waals surface area contributed by atoms with E-state index in [1.54, 1.807) is 13.0 Å². The number of hydrogen-bond acceptors (Lipinski definition) is 6. The largest absolute Gasteiger partial charge is 0.503 e. The van der Waals surface area contributed by atoms with Crippen molar-refractivity contribution in [2.24, 2.45) is 0 Å². The van der Waals surface area contributed by atoms with Crippen LogP contribution in [0.1, 0.15) is 18.9 Å². The fourth-order valence-electron chi connectivity index (χ4n) is 2.12. The molecule has 1 N–H and O–H groups in total. The Hall–Kier alpha value is -1.77. The van der Waals surface area contributed by atoms with E-state index >= 15 is 0 Å². The first-order valence-corrected chi connectivity index (χ1v) is 7.73. The lowest BCUT2D eigenvalue weighted by Gasteiger charge is -2.10. The van der Waals surface area contributed by atoms with Crippen LogP contribution in [0.25, 0.3) is 11.0 Å². The van der Waals surface area contributed by atoms with Gasteiger partial charge in [0.1, 0.15) is 3.57 Å². The molecule has 0 aliphatic heterocycles. The van der Waals surface area contributed by atoms with Crippen molar-refractivity contribution < 1.29 is 23.8 Å². The third-order valence-electron chi connectivity index (χ3n) is 3.13. The minimum Gasteiger partial charge on any atom is -0.503 e. The predicted molar refractivity (Wildman–Crippen MR) is 88.4 cm³/mol. The second-order valence-electron chi connectivity index (χ2n) is 4.51. The van der Waals surface area contributed by atoms with Crippen LogP contribution in [0, 0.1) is 3.57 Å². The number of benzene rings is 1. The predicted octanol–water partition coefficient (Wildman–Crippen LogP) is 2.61. The Bertz CT molecular complexity index is 765. The van der Waals surface area contributed by atoms with Crippen molar-refractivity contribution in [3.63, 3.8) is 0 Å². The molecule has 1 aromatic heterocycles. The van der Waals surface area contributed by atoms with Gasteiger partial charge in [0.15, 0.2) is 17.1 Å². The summed E-state index contributed by atoms with van der Waals surface area (Å²) in [6, 6.07) is 2.93. The van der Waals surface area contributed by atoms with Gasteiger partial charge in [-0.25, -0.2) is 4.79 Å². The molecule has 0 fully saturated rings. The van der Waals surface area contributed by atoms with E-state index in [1.807, 2.05) is 22.6 Å². The number of phenols is 1. The number of fused-ring (bicyclic) bond motifs is 1. The number of phenolic OH excluding ortho intramolecular Hbond substituents is 1. The zero-order chi connectivity index (χ0) is 16.3. The molecule has 0 amide bonds. The maximum atomic E-state index is 11.7. The Morgan fingerprint density at radius 1 is 1.41 bits per heavy atom. The number of rotatable bonds is 5. The summed E-state index contributed by atoms with van der Waals surface area (Å²) in [6.07, 6.45) is 0.497. The Morgan fingerprint density at radius 2 is 2.14 bits per heavy atom. The van der Waals surface area contributed by atoms with E-state index in [-0.39, 0.29) is 29.5 Å². The number of esters is 1. The highest BCUT2D eigenvalue weighted by Crippen LogP contribution is 2.38. The minimum atomic E-state index is -0.533. The summed E-state index contributed by atoms with van der Waals surface area (Å²) in [5.74, 6) is -0.131. The van der Waals surface area contributed by atoms with Crippen LogP contribution in [0.2, 0.25) is 0 Å². The van der Waals surface area contributed by atoms with Crippen LogP contribution >= 0.6 is 22.6 Å². The number of carbonyl (C=O) groups excluding carboxylic acids is 1. The maximum absolute atomic E-state index is 11.7. The lowest BCUT2D eigenvalue weighted by atomic mass is 10.0. The fourth-order valence-corrected chi connectivity index (χ4v) is 2.79. The highest BCUT2D eigenvalue weighted by Gasteiger charge is 2.17. The molecule has 2 aromatic rings. The molecule has 22 heavy (non-hydrogen) atoms. The topological polar surface area (TPSA) is 86.0 Å². The maximum Gasteiger partial charge on any atom is 0.336 e. The molecule has 0 radical (unpaired) electrons. The van der Waals surface area contributed by atoms with Crippen LogP contribution in [0.3, 0.4) is 0 Å². The molecule has 6 nitrogen and oxygen atoms in total. The number of aromatic hydroxyl groups is 1. The number of carbonyl (C=O) groups is 1. The highest BCUT2D eigenvalue weighted by atomic mass is 127. The molecule has 0 saturated carbocycles. The Morgan fingerprint density at radius 3 is 2.77 bits per heavy atom. The van der Waals surface area contributed by atoms with E-state index in [0.29, 0.717) is 27.5 Å². The van der Waals surface area contributed by atoms with Crippen molar-refractivity contribution in [3.05, 3.63) is 31.7 Å². The number of hydrogen-bond donors (Lipinski definition) is 1. The molecule has 0 aliphatic carbocycles. The summed E-state index contributed by atoms with van der Waals surface area (Å²) in [5.41, 5.74) is 0.398. The average Bonchev–Trinajstić information content (AvgIpc) is 2.49. The van der Waals surface area contributed by atoms with E-state index in [2.05, 4.69) is 0 Å². The molecule has 7 heteroatoms. The first-order valence-electron chi connectivity index (χ1n) is 6.65. The smallest absolute Gasteiger partial charge is 0.336 e. The van der Waals surface area contributed by atoms with Crippen LogP contribution < -0.4 is 10.4 Å². The van der Waals surface area contributed by atoms with Crippen LogP contribution in [0.5, 0.6) is 11.5 Å². The first-order chi connectivity index (χ1) is 10.5. The lowest BCUT2D eigenvalue weighted by Crippen LogP contribution is -2.08. The van der Waals surface area contributed by atoms with Gasteiger partial charge in [0.2, 0.25) is 0 Å². The van der Waals surface area contributed by atoms with Gasteiger partial charge in [-0.3, -0.25) is 4.79 Å². The van der Waals surface area contributed by atoms with Gasteiger partial charge in [0, 0.05) is 17.9 Å². The zero-order valence-corrected chi connectivity index (χ0v) is 14.3. The van der Waals surface area contributed by atoms with Gasteiger partial charge in [-0.05, 0) is 47.6 Å². The quantitative estimate of drug-likeness (QED) is 0.457. The lowest BCUT2D eigenvalue weighted by molar-refractivity contribution is -0.143. The summed E-state index contributed by atoms with van der Waals surface area (Å²) in [4.78, 5) is 23.2. The third-order valence-corrected chi connectivity index (χ3v) is 4.13. The average molecular weight is 418 g/mol. The van der Waals surface area contributed by atoms with E-state index in [0.717, 1.165) is 0 Å². The molecule has 0 unspecified atom stereocenters. The summed E-state index contributed by atoms with van der Waals surface area (Å²) in [7, 11) is 1.44. The minimum absolute atomic E-state index is 0.0821. The molecule has 0 atom stereocenters. The molecule has 1 aromatic carbocycles. The van der Waals surface area contributed by atoms with Crippen LogP contribution in [0.15, 0.2) is 21.3 Å². The van der Waals surface area contributed by atoms with Gasteiger partial charge in [0.05, 0.1) is 13.7 Å². The molecular formula is C15H15IO6. The monoisotopic (exact) mass is 418 g/mol. The summed E-state index contributed by atoms with van der Waals surface area (Å²) >= 11 is 1.89. The van der Waals surface area contributed by atoms with Crippen molar-refractivity contribution in [3.8, 4) is 11.5 Å². The van der Waals surface area contributed by atoms with Crippen LogP contribution in [-0.4, -0.2) is 24.8 Å². The summed E-state index contributed by atoms with van der Waals surface area (Å²) in [6.45, 7) is 2.05. The van der Waals surface area contributed by atoms with Gasteiger partial charge in [0.25, 0.3) is 0 Å². The SMILES string of the molecule is CCOC(=O)CCc1cc(=O)oc2c(I)c(O)c(OC)cc12. The third kappa shape index (κ3) is 3.34. The van der Waals surface area contributed by atoms with E-state index in [9.17, 15) is 14.7 Å². The van der Waals surface area contributed by atoms with Crippen molar-refractivity contribution in [2.75, 3.05) is 13.7 Å².